The van der Waals surface area contributed by atoms with Crippen LogP contribution in [-0.4, -0.2) is 67.4 Å². The highest BCUT2D eigenvalue weighted by Gasteiger charge is 2.39. The second-order valence-electron chi connectivity index (χ2n) is 11.0. The van der Waals surface area contributed by atoms with E-state index in [9.17, 15) is 22.8 Å². The van der Waals surface area contributed by atoms with E-state index in [1.807, 2.05) is 31.2 Å². The van der Waals surface area contributed by atoms with Gasteiger partial charge in [0.05, 0.1) is 6.10 Å². The number of cyclic esters (lactones) is 1. The molecule has 1 aromatic carbocycles. The molecular formula is C28H42F3NO6. The molecule has 0 radical (unpaired) electrons. The van der Waals surface area contributed by atoms with E-state index >= 15 is 0 Å². The molecule has 0 bridgehead atoms. The van der Waals surface area contributed by atoms with E-state index in [1.165, 1.54) is 12.0 Å². The van der Waals surface area contributed by atoms with Crippen molar-refractivity contribution in [2.24, 2.45) is 5.92 Å². The molecule has 4 unspecified atom stereocenters. The third kappa shape index (κ3) is 10.8. The molecule has 1 saturated heterocycles. The Hall–Kier alpha value is -2.33. The molecule has 1 fully saturated rings. The number of aryl methyl sites for hydroxylation is 1. The predicted molar refractivity (Wildman–Crippen MR) is 137 cm³/mol. The molecule has 0 N–H and O–H groups in total. The summed E-state index contributed by atoms with van der Waals surface area (Å²) in [6.07, 6.45) is -5.30. The van der Waals surface area contributed by atoms with Gasteiger partial charge < -0.3 is 18.9 Å². The molecule has 0 saturated carbocycles. The Labute approximate surface area is 223 Å². The van der Waals surface area contributed by atoms with Gasteiger partial charge in [0.1, 0.15) is 24.5 Å². The van der Waals surface area contributed by atoms with Gasteiger partial charge in [-0.05, 0) is 71.8 Å². The lowest BCUT2D eigenvalue weighted by atomic mass is 9.86. The van der Waals surface area contributed by atoms with Crippen LogP contribution in [-0.2, 0) is 30.2 Å². The molecule has 0 aliphatic carbocycles. The maximum Gasteiger partial charge on any atom is 0.412 e. The van der Waals surface area contributed by atoms with Gasteiger partial charge in [-0.15, -0.1) is 0 Å². The molecular weight excluding hydrogens is 503 g/mol. The number of halogens is 3. The van der Waals surface area contributed by atoms with Gasteiger partial charge in [0, 0.05) is 20.1 Å². The van der Waals surface area contributed by atoms with Crippen molar-refractivity contribution in [3.8, 4) is 0 Å². The number of nitrogens with zero attached hydrogens (tertiary/aromatic N) is 1. The summed E-state index contributed by atoms with van der Waals surface area (Å²) in [5.41, 5.74) is 1.41. The number of ether oxygens (including phenoxy) is 4. The summed E-state index contributed by atoms with van der Waals surface area (Å²) in [5.74, 6) is -0.733. The van der Waals surface area contributed by atoms with Gasteiger partial charge in [0.2, 0.25) is 0 Å². The highest BCUT2D eigenvalue weighted by Crippen LogP contribution is 2.30. The molecule has 4 atom stereocenters. The molecule has 0 spiro atoms. The van der Waals surface area contributed by atoms with Crippen molar-refractivity contribution in [3.63, 3.8) is 0 Å². The summed E-state index contributed by atoms with van der Waals surface area (Å²) < 4.78 is 60.5. The first kappa shape index (κ1) is 31.9. The summed E-state index contributed by atoms with van der Waals surface area (Å²) in [5, 5.41) is 0. The molecule has 1 aliphatic heterocycles. The number of rotatable bonds is 9. The fraction of sp³-hybridized carbons (Fsp3) is 0.714. The topological polar surface area (TPSA) is 74.3 Å². The van der Waals surface area contributed by atoms with Crippen molar-refractivity contribution >= 4 is 12.1 Å². The summed E-state index contributed by atoms with van der Waals surface area (Å²) in [6, 6.07) is 7.12. The van der Waals surface area contributed by atoms with Gasteiger partial charge in [-0.25, -0.2) is 9.59 Å². The lowest BCUT2D eigenvalue weighted by Gasteiger charge is -2.33. The van der Waals surface area contributed by atoms with E-state index < -0.39 is 48.5 Å². The first-order valence-corrected chi connectivity index (χ1v) is 13.1. The monoisotopic (exact) mass is 545 g/mol. The maximum absolute atomic E-state index is 13.3. The zero-order chi connectivity index (χ0) is 28.5. The van der Waals surface area contributed by atoms with E-state index in [0.29, 0.717) is 25.7 Å². The number of benzene rings is 1. The molecule has 0 aromatic heterocycles. The predicted octanol–water partition coefficient (Wildman–Crippen LogP) is 6.21. The number of amides is 1. The summed E-state index contributed by atoms with van der Waals surface area (Å²) in [7, 11) is 1.42. The standard InChI is InChI=1S/C28H42F3NO6/c1-19-11-13-21(14-12-19)17-22-9-7-10-23(32(18-35-6)26(34)38-27(3,4)5)25(33)37-20(2)24(22)36-16-8-15-28(29,30)31/h11-14,20,22-24H,7-10,15-18H2,1-6H3. The maximum atomic E-state index is 13.3. The second kappa shape index (κ2) is 14.2. The Kier molecular flexibility index (Phi) is 11.9. The van der Waals surface area contributed by atoms with Crippen LogP contribution in [0.4, 0.5) is 18.0 Å². The van der Waals surface area contributed by atoms with Crippen LogP contribution in [0.2, 0.25) is 0 Å². The molecule has 1 amide bonds. The van der Waals surface area contributed by atoms with Gasteiger partial charge >= 0.3 is 18.2 Å². The summed E-state index contributed by atoms with van der Waals surface area (Å²) >= 11 is 0. The summed E-state index contributed by atoms with van der Waals surface area (Å²) in [4.78, 5) is 27.4. The molecule has 2 rings (SSSR count). The Bertz CT molecular complexity index is 884. The van der Waals surface area contributed by atoms with E-state index in [4.69, 9.17) is 18.9 Å². The van der Waals surface area contributed by atoms with Gasteiger partial charge in [0.15, 0.2) is 0 Å². The minimum Gasteiger partial charge on any atom is -0.458 e. The molecule has 7 nitrogen and oxygen atoms in total. The van der Waals surface area contributed by atoms with Crippen molar-refractivity contribution in [3.05, 3.63) is 35.4 Å². The van der Waals surface area contributed by atoms with Gasteiger partial charge in [-0.2, -0.15) is 13.2 Å². The average Bonchev–Trinajstić information content (AvgIpc) is 2.84. The Morgan fingerprint density at radius 2 is 1.79 bits per heavy atom. The SMILES string of the molecule is COCN(C(=O)OC(C)(C)C)C1CCCC(Cc2ccc(C)cc2)C(OCCCC(F)(F)F)C(C)OC1=O. The van der Waals surface area contributed by atoms with Crippen LogP contribution in [0.25, 0.3) is 0 Å². The first-order chi connectivity index (χ1) is 17.7. The van der Waals surface area contributed by atoms with Crippen molar-refractivity contribution in [2.75, 3.05) is 20.4 Å². The van der Waals surface area contributed by atoms with Crippen molar-refractivity contribution in [1.82, 2.24) is 4.90 Å². The van der Waals surface area contributed by atoms with Crippen LogP contribution in [0.1, 0.15) is 70.9 Å². The van der Waals surface area contributed by atoms with Crippen molar-refractivity contribution in [1.29, 1.82) is 0 Å². The normalized spacial score (nSPS) is 23.1. The lowest BCUT2D eigenvalue weighted by molar-refractivity contribution is -0.167. The van der Waals surface area contributed by atoms with Crippen LogP contribution in [0, 0.1) is 12.8 Å². The quantitative estimate of drug-likeness (QED) is 0.209. The molecule has 1 aromatic rings. The molecule has 216 valence electrons. The second-order valence-corrected chi connectivity index (χ2v) is 11.0. The number of carbonyl (C=O) groups is 2. The first-order valence-electron chi connectivity index (χ1n) is 13.1. The van der Waals surface area contributed by atoms with Crippen molar-refractivity contribution in [2.45, 2.75) is 103 Å². The number of carbonyl (C=O) groups excluding carboxylic acids is 2. The minimum atomic E-state index is -4.26. The highest BCUT2D eigenvalue weighted by atomic mass is 19.4. The van der Waals surface area contributed by atoms with Crippen LogP contribution in [0.3, 0.4) is 0 Å². The lowest BCUT2D eigenvalue weighted by Crippen LogP contribution is -2.49. The molecule has 1 aliphatic rings. The van der Waals surface area contributed by atoms with E-state index in [1.54, 1.807) is 27.7 Å². The number of alkyl halides is 3. The molecule has 38 heavy (non-hydrogen) atoms. The smallest absolute Gasteiger partial charge is 0.412 e. The van der Waals surface area contributed by atoms with Gasteiger partial charge in [-0.3, -0.25) is 4.90 Å². The highest BCUT2D eigenvalue weighted by molar-refractivity contribution is 5.81. The fourth-order valence-corrected chi connectivity index (χ4v) is 4.59. The number of hydrogen-bond donors (Lipinski definition) is 0. The van der Waals surface area contributed by atoms with Gasteiger partial charge in [0.25, 0.3) is 0 Å². The molecule has 10 heteroatoms. The van der Waals surface area contributed by atoms with E-state index in [2.05, 4.69) is 0 Å². The van der Waals surface area contributed by atoms with Gasteiger partial charge in [-0.1, -0.05) is 36.2 Å². The third-order valence-electron chi connectivity index (χ3n) is 6.36. The summed E-state index contributed by atoms with van der Waals surface area (Å²) in [6.45, 7) is 8.61. The van der Waals surface area contributed by atoms with Crippen molar-refractivity contribution < 1.29 is 41.7 Å². The van der Waals surface area contributed by atoms with Crippen LogP contribution in [0.15, 0.2) is 24.3 Å². The average molecular weight is 546 g/mol. The Balaban J connectivity index is 2.27. The number of hydrogen-bond acceptors (Lipinski definition) is 6. The zero-order valence-corrected chi connectivity index (χ0v) is 23.3. The fourth-order valence-electron chi connectivity index (χ4n) is 4.59. The molecule has 1 heterocycles. The third-order valence-corrected chi connectivity index (χ3v) is 6.36. The van der Waals surface area contributed by atoms with Crippen LogP contribution < -0.4 is 0 Å². The minimum absolute atomic E-state index is 0.104. The number of methoxy groups -OCH3 is 1. The largest absolute Gasteiger partial charge is 0.458 e. The Morgan fingerprint density at radius 1 is 1.13 bits per heavy atom. The van der Waals surface area contributed by atoms with Crippen LogP contribution >= 0.6 is 0 Å². The van der Waals surface area contributed by atoms with Crippen LogP contribution in [0.5, 0.6) is 0 Å². The number of esters is 1. The van der Waals surface area contributed by atoms with E-state index in [-0.39, 0.29) is 25.7 Å². The zero-order valence-electron chi connectivity index (χ0n) is 23.3. The Morgan fingerprint density at radius 3 is 2.37 bits per heavy atom. The van der Waals surface area contributed by atoms with E-state index in [0.717, 1.165) is 11.1 Å².